The van der Waals surface area contributed by atoms with Gasteiger partial charge in [0.25, 0.3) is 5.69 Å². The van der Waals surface area contributed by atoms with Crippen molar-refractivity contribution in [3.63, 3.8) is 0 Å². The highest BCUT2D eigenvalue weighted by Crippen LogP contribution is 2.25. The van der Waals surface area contributed by atoms with E-state index in [1.54, 1.807) is 6.07 Å². The van der Waals surface area contributed by atoms with Gasteiger partial charge in [-0.3, -0.25) is 10.1 Å². The zero-order chi connectivity index (χ0) is 13.9. The lowest BCUT2D eigenvalue weighted by Crippen LogP contribution is -2.36. The molecular formula is C13H17ClN2O3. The van der Waals surface area contributed by atoms with Crippen LogP contribution in [-0.2, 0) is 11.3 Å². The van der Waals surface area contributed by atoms with Crippen LogP contribution >= 0.6 is 11.6 Å². The Hall–Kier alpha value is -1.17. The fourth-order valence-electron chi connectivity index (χ4n) is 2.23. The normalized spacial score (nSPS) is 22.6. The number of halogens is 1. The van der Waals surface area contributed by atoms with Crippen molar-refractivity contribution in [1.82, 2.24) is 5.32 Å². The number of nitrogens with one attached hydrogen (secondary N) is 1. The molecular weight excluding hydrogens is 268 g/mol. The molecule has 1 aliphatic rings. The first kappa shape index (κ1) is 14.2. The molecule has 0 spiro atoms. The molecule has 0 amide bonds. The molecule has 1 aromatic rings. The van der Waals surface area contributed by atoms with Gasteiger partial charge in [-0.05, 0) is 31.4 Å². The average molecular weight is 285 g/mol. The fourth-order valence-corrected chi connectivity index (χ4v) is 2.47. The molecule has 1 aliphatic heterocycles. The summed E-state index contributed by atoms with van der Waals surface area (Å²) < 4.78 is 5.67. The average Bonchev–Trinajstić information content (AvgIpc) is 2.78. The Kier molecular flexibility index (Phi) is 4.39. The minimum atomic E-state index is -0.448. The number of rotatable bonds is 5. The summed E-state index contributed by atoms with van der Waals surface area (Å²) in [6, 6.07) is 4.54. The highest BCUT2D eigenvalue weighted by atomic mass is 35.5. The van der Waals surface area contributed by atoms with E-state index in [0.717, 1.165) is 31.6 Å². The summed E-state index contributed by atoms with van der Waals surface area (Å²) in [7, 11) is 0. The molecule has 1 atom stereocenters. The Bertz CT molecular complexity index is 473. The first-order chi connectivity index (χ1) is 9.00. The molecule has 1 unspecified atom stereocenters. The van der Waals surface area contributed by atoms with Crippen LogP contribution in [-0.4, -0.2) is 23.7 Å². The number of nitro benzene ring substituents is 1. The second-order valence-electron chi connectivity index (χ2n) is 5.04. The van der Waals surface area contributed by atoms with Crippen LogP contribution in [0, 0.1) is 10.1 Å². The molecule has 1 fully saturated rings. The zero-order valence-corrected chi connectivity index (χ0v) is 11.6. The largest absolute Gasteiger partial charge is 0.374 e. The third-order valence-electron chi connectivity index (χ3n) is 3.36. The van der Waals surface area contributed by atoms with Gasteiger partial charge in [0.15, 0.2) is 0 Å². The lowest BCUT2D eigenvalue weighted by atomic mass is 10.0. The Morgan fingerprint density at radius 1 is 1.58 bits per heavy atom. The molecule has 19 heavy (non-hydrogen) atoms. The van der Waals surface area contributed by atoms with Gasteiger partial charge >= 0.3 is 0 Å². The van der Waals surface area contributed by atoms with Gasteiger partial charge in [0.05, 0.1) is 15.5 Å². The number of ether oxygens (including phenoxy) is 1. The summed E-state index contributed by atoms with van der Waals surface area (Å²) in [5.74, 6) is 0. The molecule has 1 N–H and O–H groups in total. The number of benzene rings is 1. The lowest BCUT2D eigenvalue weighted by Gasteiger charge is -2.23. The van der Waals surface area contributed by atoms with E-state index in [2.05, 4.69) is 12.2 Å². The van der Waals surface area contributed by atoms with E-state index in [4.69, 9.17) is 16.3 Å². The summed E-state index contributed by atoms with van der Waals surface area (Å²) in [6.07, 6.45) is 2.14. The van der Waals surface area contributed by atoms with E-state index in [1.165, 1.54) is 12.1 Å². The van der Waals surface area contributed by atoms with E-state index in [1.807, 2.05) is 0 Å². The standard InChI is InChI=1S/C13H17ClN2O3/c1-13(5-2-6-19-13)9-15-8-10-3-4-11(16(17)18)7-12(10)14/h3-4,7,15H,2,5-6,8-9H2,1H3. The van der Waals surface area contributed by atoms with Crippen molar-refractivity contribution < 1.29 is 9.66 Å². The maximum absolute atomic E-state index is 10.6. The van der Waals surface area contributed by atoms with Crippen LogP contribution < -0.4 is 5.32 Å². The summed E-state index contributed by atoms with van der Waals surface area (Å²) in [4.78, 5) is 10.2. The van der Waals surface area contributed by atoms with E-state index in [9.17, 15) is 10.1 Å². The van der Waals surface area contributed by atoms with E-state index < -0.39 is 4.92 Å². The quantitative estimate of drug-likeness (QED) is 0.667. The minimum absolute atomic E-state index is 0.0137. The molecule has 1 saturated heterocycles. The fraction of sp³-hybridized carbons (Fsp3) is 0.538. The third-order valence-corrected chi connectivity index (χ3v) is 3.71. The summed E-state index contributed by atoms with van der Waals surface area (Å²) >= 11 is 6.03. The Morgan fingerprint density at radius 2 is 2.37 bits per heavy atom. The van der Waals surface area contributed by atoms with Crippen molar-refractivity contribution in [2.24, 2.45) is 0 Å². The molecule has 0 saturated carbocycles. The number of nitro groups is 1. The van der Waals surface area contributed by atoms with Crippen molar-refractivity contribution in [3.05, 3.63) is 38.9 Å². The predicted octanol–water partition coefficient (Wildman–Crippen LogP) is 2.91. The number of nitrogens with zero attached hydrogens (tertiary/aromatic N) is 1. The lowest BCUT2D eigenvalue weighted by molar-refractivity contribution is -0.384. The van der Waals surface area contributed by atoms with E-state index in [0.29, 0.717) is 11.6 Å². The third kappa shape index (κ3) is 3.65. The van der Waals surface area contributed by atoms with E-state index in [-0.39, 0.29) is 11.3 Å². The number of hydrogen-bond acceptors (Lipinski definition) is 4. The molecule has 1 heterocycles. The zero-order valence-electron chi connectivity index (χ0n) is 10.8. The van der Waals surface area contributed by atoms with E-state index >= 15 is 0 Å². The van der Waals surface area contributed by atoms with Crippen LogP contribution in [0.4, 0.5) is 5.69 Å². The van der Waals surface area contributed by atoms with Crippen molar-refractivity contribution in [2.75, 3.05) is 13.2 Å². The second-order valence-corrected chi connectivity index (χ2v) is 5.45. The van der Waals surface area contributed by atoms with Crippen LogP contribution in [0.1, 0.15) is 25.3 Å². The smallest absolute Gasteiger partial charge is 0.270 e. The molecule has 6 heteroatoms. The molecule has 1 aromatic carbocycles. The Labute approximate surface area is 117 Å². The van der Waals surface area contributed by atoms with Gasteiger partial charge in [-0.2, -0.15) is 0 Å². The minimum Gasteiger partial charge on any atom is -0.374 e. The second kappa shape index (κ2) is 5.86. The molecule has 0 radical (unpaired) electrons. The van der Waals surface area contributed by atoms with Crippen LogP contribution in [0.15, 0.2) is 18.2 Å². The topological polar surface area (TPSA) is 64.4 Å². The molecule has 0 aromatic heterocycles. The van der Waals surface area contributed by atoms with Crippen LogP contribution in [0.2, 0.25) is 5.02 Å². The van der Waals surface area contributed by atoms with Gasteiger partial charge in [-0.15, -0.1) is 0 Å². The molecule has 2 rings (SSSR count). The van der Waals surface area contributed by atoms with Gasteiger partial charge < -0.3 is 10.1 Å². The SMILES string of the molecule is CC1(CNCc2ccc([N+](=O)[O-])cc2Cl)CCCO1. The van der Waals surface area contributed by atoms with Crippen molar-refractivity contribution in [1.29, 1.82) is 0 Å². The first-order valence-corrected chi connectivity index (χ1v) is 6.65. The molecule has 0 aliphatic carbocycles. The summed E-state index contributed by atoms with van der Waals surface area (Å²) in [5.41, 5.74) is 0.765. The predicted molar refractivity (Wildman–Crippen MR) is 73.4 cm³/mol. The summed E-state index contributed by atoms with van der Waals surface area (Å²) in [6.45, 7) is 4.23. The van der Waals surface area contributed by atoms with Gasteiger partial charge in [0.1, 0.15) is 0 Å². The molecule has 5 nitrogen and oxygen atoms in total. The van der Waals surface area contributed by atoms with Crippen molar-refractivity contribution in [3.8, 4) is 0 Å². The Balaban J connectivity index is 1.91. The van der Waals surface area contributed by atoms with Gasteiger partial charge in [0.2, 0.25) is 0 Å². The van der Waals surface area contributed by atoms with Gasteiger partial charge in [-0.25, -0.2) is 0 Å². The molecule has 104 valence electrons. The van der Waals surface area contributed by atoms with Crippen LogP contribution in [0.5, 0.6) is 0 Å². The Morgan fingerprint density at radius 3 is 2.95 bits per heavy atom. The monoisotopic (exact) mass is 284 g/mol. The van der Waals surface area contributed by atoms with Crippen LogP contribution in [0.25, 0.3) is 0 Å². The first-order valence-electron chi connectivity index (χ1n) is 6.28. The van der Waals surface area contributed by atoms with Gasteiger partial charge in [-0.1, -0.05) is 11.6 Å². The van der Waals surface area contributed by atoms with Gasteiger partial charge in [0, 0.05) is 31.8 Å². The van der Waals surface area contributed by atoms with Crippen LogP contribution in [0.3, 0.4) is 0 Å². The molecule has 0 bridgehead atoms. The highest BCUT2D eigenvalue weighted by Gasteiger charge is 2.29. The summed E-state index contributed by atoms with van der Waals surface area (Å²) in [5, 5.41) is 14.3. The number of non-ortho nitro benzene ring substituents is 1. The highest BCUT2D eigenvalue weighted by molar-refractivity contribution is 6.31. The van der Waals surface area contributed by atoms with Crippen molar-refractivity contribution >= 4 is 17.3 Å². The van der Waals surface area contributed by atoms with Crippen molar-refractivity contribution in [2.45, 2.75) is 31.9 Å². The maximum atomic E-state index is 10.6. The number of hydrogen-bond donors (Lipinski definition) is 1. The maximum Gasteiger partial charge on any atom is 0.270 e.